The molecule has 0 radical (unpaired) electrons. The summed E-state index contributed by atoms with van der Waals surface area (Å²) < 4.78 is 5.12. The zero-order valence-corrected chi connectivity index (χ0v) is 8.21. The molecule has 2 rings (SSSR count). The van der Waals surface area contributed by atoms with Crippen molar-refractivity contribution in [1.29, 1.82) is 0 Å². The molecular formula is C13H12O2. The van der Waals surface area contributed by atoms with Crippen molar-refractivity contribution in [2.75, 3.05) is 0 Å². The van der Waals surface area contributed by atoms with Crippen LogP contribution in [0.2, 0.25) is 0 Å². The number of hydrogen-bond acceptors (Lipinski definition) is 2. The highest BCUT2D eigenvalue weighted by Crippen LogP contribution is 2.15. The van der Waals surface area contributed by atoms with Gasteiger partial charge in [-0.1, -0.05) is 30.3 Å². The largest absolute Gasteiger partial charge is 0.465 e. The number of aliphatic hydroxyl groups is 1. The van der Waals surface area contributed by atoms with Crippen molar-refractivity contribution in [1.82, 2.24) is 0 Å². The van der Waals surface area contributed by atoms with Crippen LogP contribution < -0.4 is 0 Å². The molecule has 2 aromatic rings. The van der Waals surface area contributed by atoms with Gasteiger partial charge in [-0.15, -0.1) is 0 Å². The van der Waals surface area contributed by atoms with Crippen LogP contribution in [0.15, 0.2) is 59.2 Å². The number of hydrogen-bond donors (Lipinski definition) is 1. The summed E-state index contributed by atoms with van der Waals surface area (Å²) in [6, 6.07) is 13.2. The highest BCUT2D eigenvalue weighted by Gasteiger charge is 2.01. The summed E-state index contributed by atoms with van der Waals surface area (Å²) in [4.78, 5) is 0. The lowest BCUT2D eigenvalue weighted by molar-refractivity contribution is 0.229. The Hall–Kier alpha value is -1.80. The van der Waals surface area contributed by atoms with E-state index in [2.05, 4.69) is 0 Å². The molecule has 1 aromatic carbocycles. The summed E-state index contributed by atoms with van der Waals surface area (Å²) in [7, 11) is 0. The van der Waals surface area contributed by atoms with E-state index >= 15 is 0 Å². The van der Waals surface area contributed by atoms with Gasteiger partial charge in [-0.25, -0.2) is 0 Å². The van der Waals surface area contributed by atoms with Gasteiger partial charge in [0, 0.05) is 0 Å². The minimum Gasteiger partial charge on any atom is -0.465 e. The molecule has 1 N–H and O–H groups in total. The van der Waals surface area contributed by atoms with Gasteiger partial charge in [-0.3, -0.25) is 0 Å². The molecular weight excluding hydrogens is 188 g/mol. The second-order valence-electron chi connectivity index (χ2n) is 3.23. The molecule has 0 bridgehead atoms. The SMILES string of the molecule is OC(/C=C/c1ccco1)c1ccccc1. The molecule has 0 saturated heterocycles. The van der Waals surface area contributed by atoms with E-state index in [-0.39, 0.29) is 0 Å². The summed E-state index contributed by atoms with van der Waals surface area (Å²) in [6.45, 7) is 0. The van der Waals surface area contributed by atoms with E-state index in [1.165, 1.54) is 0 Å². The average Bonchev–Trinajstić information content (AvgIpc) is 2.80. The lowest BCUT2D eigenvalue weighted by atomic mass is 10.1. The van der Waals surface area contributed by atoms with Crippen molar-refractivity contribution < 1.29 is 9.52 Å². The van der Waals surface area contributed by atoms with Gasteiger partial charge in [0.2, 0.25) is 0 Å². The van der Waals surface area contributed by atoms with Crippen molar-refractivity contribution in [3.63, 3.8) is 0 Å². The predicted octanol–water partition coefficient (Wildman–Crippen LogP) is 3.03. The number of benzene rings is 1. The van der Waals surface area contributed by atoms with Crippen LogP contribution in [-0.4, -0.2) is 5.11 Å². The Kier molecular flexibility index (Phi) is 3.00. The standard InChI is InChI=1S/C13H12O2/c14-13(11-5-2-1-3-6-11)9-8-12-7-4-10-15-12/h1-10,13-14H/b9-8+. The van der Waals surface area contributed by atoms with Crippen LogP contribution in [0.5, 0.6) is 0 Å². The summed E-state index contributed by atoms with van der Waals surface area (Å²) in [6.07, 6.45) is 4.48. The monoisotopic (exact) mass is 200 g/mol. The number of furan rings is 1. The van der Waals surface area contributed by atoms with E-state index in [0.29, 0.717) is 0 Å². The molecule has 1 unspecified atom stereocenters. The molecule has 15 heavy (non-hydrogen) atoms. The molecule has 0 spiro atoms. The maximum Gasteiger partial charge on any atom is 0.126 e. The normalized spacial score (nSPS) is 13.1. The highest BCUT2D eigenvalue weighted by molar-refractivity contribution is 5.44. The lowest BCUT2D eigenvalue weighted by Gasteiger charge is -2.04. The molecule has 76 valence electrons. The Morgan fingerprint density at radius 3 is 2.53 bits per heavy atom. The lowest BCUT2D eigenvalue weighted by Crippen LogP contribution is -1.91. The Morgan fingerprint density at radius 1 is 1.07 bits per heavy atom. The predicted molar refractivity (Wildman–Crippen MR) is 59.1 cm³/mol. The summed E-state index contributed by atoms with van der Waals surface area (Å²) in [5, 5.41) is 9.79. The van der Waals surface area contributed by atoms with Crippen molar-refractivity contribution in [2.24, 2.45) is 0 Å². The van der Waals surface area contributed by atoms with Gasteiger partial charge < -0.3 is 9.52 Å². The number of aliphatic hydroxyl groups excluding tert-OH is 1. The maximum absolute atomic E-state index is 9.79. The Balaban J connectivity index is 2.07. The van der Waals surface area contributed by atoms with Crippen LogP contribution in [0.4, 0.5) is 0 Å². The second kappa shape index (κ2) is 4.62. The van der Waals surface area contributed by atoms with Gasteiger partial charge in [0.15, 0.2) is 0 Å². The Morgan fingerprint density at radius 2 is 1.87 bits per heavy atom. The third kappa shape index (κ3) is 2.58. The molecule has 0 saturated carbocycles. The van der Waals surface area contributed by atoms with E-state index in [1.54, 1.807) is 18.4 Å². The first-order valence-electron chi connectivity index (χ1n) is 4.81. The van der Waals surface area contributed by atoms with Gasteiger partial charge in [0.1, 0.15) is 5.76 Å². The van der Waals surface area contributed by atoms with Crippen molar-refractivity contribution in [2.45, 2.75) is 6.10 Å². The van der Waals surface area contributed by atoms with E-state index < -0.39 is 6.10 Å². The third-order valence-electron chi connectivity index (χ3n) is 2.13. The van der Waals surface area contributed by atoms with E-state index in [1.807, 2.05) is 42.5 Å². The first kappa shape index (κ1) is 9.74. The van der Waals surface area contributed by atoms with Crippen molar-refractivity contribution in [3.8, 4) is 0 Å². The van der Waals surface area contributed by atoms with Crippen LogP contribution in [0.3, 0.4) is 0 Å². The van der Waals surface area contributed by atoms with Crippen LogP contribution in [0, 0.1) is 0 Å². The fourth-order valence-corrected chi connectivity index (χ4v) is 1.33. The first-order valence-corrected chi connectivity index (χ1v) is 4.81. The smallest absolute Gasteiger partial charge is 0.126 e. The second-order valence-corrected chi connectivity index (χ2v) is 3.23. The number of rotatable bonds is 3. The molecule has 1 aromatic heterocycles. The van der Waals surface area contributed by atoms with E-state index in [9.17, 15) is 5.11 Å². The topological polar surface area (TPSA) is 33.4 Å². The van der Waals surface area contributed by atoms with Crippen LogP contribution >= 0.6 is 0 Å². The minimum absolute atomic E-state index is 0.587. The summed E-state index contributed by atoms with van der Waals surface area (Å²) >= 11 is 0. The zero-order valence-electron chi connectivity index (χ0n) is 8.21. The van der Waals surface area contributed by atoms with Crippen molar-refractivity contribution >= 4 is 6.08 Å². The van der Waals surface area contributed by atoms with Crippen LogP contribution in [0.25, 0.3) is 6.08 Å². The fraction of sp³-hybridized carbons (Fsp3) is 0.0769. The zero-order chi connectivity index (χ0) is 10.5. The molecule has 0 amide bonds. The molecule has 1 heterocycles. The minimum atomic E-state index is -0.587. The Labute approximate surface area is 88.5 Å². The van der Waals surface area contributed by atoms with E-state index in [4.69, 9.17) is 4.42 Å². The fourth-order valence-electron chi connectivity index (χ4n) is 1.33. The molecule has 0 aliphatic carbocycles. The van der Waals surface area contributed by atoms with Crippen LogP contribution in [-0.2, 0) is 0 Å². The average molecular weight is 200 g/mol. The summed E-state index contributed by atoms with van der Waals surface area (Å²) in [5.74, 6) is 0.741. The maximum atomic E-state index is 9.79. The van der Waals surface area contributed by atoms with Gasteiger partial charge in [0.05, 0.1) is 12.4 Å². The Bertz CT molecular complexity index is 415. The highest BCUT2D eigenvalue weighted by atomic mass is 16.3. The first-order chi connectivity index (χ1) is 7.36. The summed E-state index contributed by atoms with van der Waals surface area (Å²) in [5.41, 5.74) is 0.875. The third-order valence-corrected chi connectivity index (χ3v) is 2.13. The van der Waals surface area contributed by atoms with Gasteiger partial charge in [-0.05, 0) is 29.8 Å². The van der Waals surface area contributed by atoms with Gasteiger partial charge in [0.25, 0.3) is 0 Å². The molecule has 2 heteroatoms. The van der Waals surface area contributed by atoms with Crippen molar-refractivity contribution in [3.05, 3.63) is 66.1 Å². The molecule has 0 fully saturated rings. The molecule has 1 atom stereocenters. The van der Waals surface area contributed by atoms with Gasteiger partial charge in [-0.2, -0.15) is 0 Å². The quantitative estimate of drug-likeness (QED) is 0.826. The molecule has 0 aliphatic heterocycles. The molecule has 0 aliphatic rings. The van der Waals surface area contributed by atoms with Crippen LogP contribution in [0.1, 0.15) is 17.4 Å². The van der Waals surface area contributed by atoms with Gasteiger partial charge >= 0.3 is 0 Å². The van der Waals surface area contributed by atoms with E-state index in [0.717, 1.165) is 11.3 Å². The molecule has 2 nitrogen and oxygen atoms in total.